The number of benzene rings is 3. The molecule has 4 amide bonds. The Bertz CT molecular complexity index is 2460. The van der Waals surface area contributed by atoms with E-state index in [1.54, 1.807) is 89.3 Å². The zero-order chi connectivity index (χ0) is 48.8. The molecule has 0 aliphatic carbocycles. The molecule has 6 rings (SSSR count). The maximum atomic E-state index is 14.6. The quantitative estimate of drug-likeness (QED) is 0.0549. The van der Waals surface area contributed by atoms with Crippen molar-refractivity contribution in [1.82, 2.24) is 34.6 Å². The van der Waals surface area contributed by atoms with Crippen LogP contribution in [0.5, 0.6) is 5.75 Å². The molecule has 2 saturated heterocycles. The van der Waals surface area contributed by atoms with Crippen LogP contribution in [-0.4, -0.2) is 142 Å². The molecule has 0 saturated carbocycles. The molecule has 5 N–H and O–H groups in total. The number of likely N-dealkylation sites (N-methyl/N-ethyl adjacent to an activating group) is 2. The Hall–Kier alpha value is -6.35. The fraction of sp³-hybridized carbons (Fsp3) is 0.458. The van der Waals surface area contributed by atoms with Crippen LogP contribution in [0.25, 0.3) is 0 Å². The second kappa shape index (κ2) is 23.6. The van der Waals surface area contributed by atoms with Crippen LogP contribution in [-0.2, 0) is 31.0 Å². The van der Waals surface area contributed by atoms with Gasteiger partial charge in [0.15, 0.2) is 5.82 Å². The van der Waals surface area contributed by atoms with Gasteiger partial charge in [-0.25, -0.2) is 22.7 Å². The summed E-state index contributed by atoms with van der Waals surface area (Å²) in [6.45, 7) is 12.3. The van der Waals surface area contributed by atoms with E-state index in [0.29, 0.717) is 52.9 Å². The van der Waals surface area contributed by atoms with Gasteiger partial charge in [-0.05, 0) is 127 Å². The Kier molecular flexibility index (Phi) is 17.7. The number of hydrogen-bond acceptors (Lipinski definition) is 13. The molecule has 2 aliphatic rings. The van der Waals surface area contributed by atoms with E-state index in [9.17, 15) is 27.6 Å². The minimum absolute atomic E-state index is 0.0162. The van der Waals surface area contributed by atoms with E-state index in [2.05, 4.69) is 35.9 Å². The fourth-order valence-electron chi connectivity index (χ4n) is 7.76. The van der Waals surface area contributed by atoms with Crippen molar-refractivity contribution in [2.24, 2.45) is 0 Å². The van der Waals surface area contributed by atoms with Crippen LogP contribution < -0.4 is 35.3 Å². The third kappa shape index (κ3) is 14.8. The Morgan fingerprint density at radius 3 is 2.31 bits per heavy atom. The van der Waals surface area contributed by atoms with Gasteiger partial charge in [-0.15, -0.1) is 9.55 Å². The lowest BCUT2D eigenvalue weighted by molar-refractivity contribution is -0.550. The molecule has 1 atom stereocenters. The van der Waals surface area contributed by atoms with Gasteiger partial charge >= 0.3 is 18.1 Å². The summed E-state index contributed by atoms with van der Waals surface area (Å²) in [5, 5.41) is 12.5. The van der Waals surface area contributed by atoms with Gasteiger partial charge in [-0.2, -0.15) is 0 Å². The number of nitrogens with zero attached hydrogens (tertiary/aromatic N) is 6. The number of hydrogen-bond donors (Lipinski definition) is 5. The summed E-state index contributed by atoms with van der Waals surface area (Å²) in [4.78, 5) is 63.0. The monoisotopic (exact) mass is 956 g/mol. The summed E-state index contributed by atoms with van der Waals surface area (Å²) < 4.78 is 42.2. The zero-order valence-electron chi connectivity index (χ0n) is 39.9. The summed E-state index contributed by atoms with van der Waals surface area (Å²) in [5.41, 5.74) is 2.24. The molecule has 20 heteroatoms. The highest BCUT2D eigenvalue weighted by atomic mass is 32.2. The number of ether oxygens (including phenoxy) is 2. The molecular formula is C48H66N11O8S+. The van der Waals surface area contributed by atoms with Crippen LogP contribution in [0.15, 0.2) is 83.9 Å². The standard InChI is InChI=1S/C48H65N11O8S/c1-35-30-50-45(53-38-18-20-41(21-19-38)66-28-27-57-22-7-8-23-57)59(44(35)52-39-11-9-13-42(29-39)68(64,65)54-48(2,3)4)46(62)55(5)25-26-56(6)47(63)67-33-36-14-16-37(17-15-36)51-43(61)32-49-31-40-12-10-24-58(40)34-60/h9,11,13-21,29-30,34,40,49,54H,7-8,10,12,22-28,31-33H2,1-6H3,(H2,50,51,52,53,61)/p+1. The van der Waals surface area contributed by atoms with Gasteiger partial charge in [-0.1, -0.05) is 18.2 Å². The molecule has 3 aromatic carbocycles. The van der Waals surface area contributed by atoms with Crippen LogP contribution >= 0.6 is 0 Å². The van der Waals surface area contributed by atoms with Crippen molar-refractivity contribution in [3.8, 4) is 5.75 Å². The van der Waals surface area contributed by atoms with Gasteiger partial charge in [0.25, 0.3) is 0 Å². The topological polar surface area (TPSA) is 211 Å². The van der Waals surface area contributed by atoms with E-state index in [0.717, 1.165) is 45.4 Å². The average Bonchev–Trinajstić information content (AvgIpc) is 4.01. The maximum absolute atomic E-state index is 14.6. The molecule has 2 aliphatic heterocycles. The largest absolute Gasteiger partial charge is 0.492 e. The molecule has 366 valence electrons. The minimum atomic E-state index is -3.88. The van der Waals surface area contributed by atoms with Crippen molar-refractivity contribution in [3.05, 3.63) is 90.1 Å². The summed E-state index contributed by atoms with van der Waals surface area (Å²) in [5.74, 6) is 1.01. The van der Waals surface area contributed by atoms with Gasteiger partial charge in [0.05, 0.1) is 35.6 Å². The molecule has 0 spiro atoms. The Balaban J connectivity index is 1.09. The van der Waals surface area contributed by atoms with Gasteiger partial charge in [0, 0.05) is 63.1 Å². The first-order chi connectivity index (χ1) is 32.5. The number of sulfonamides is 1. The third-order valence-electron chi connectivity index (χ3n) is 11.4. The van der Waals surface area contributed by atoms with E-state index in [-0.39, 0.29) is 49.0 Å². The molecule has 0 bridgehead atoms. The van der Waals surface area contributed by atoms with Crippen LogP contribution in [0.1, 0.15) is 57.6 Å². The van der Waals surface area contributed by atoms with E-state index in [4.69, 9.17) is 9.47 Å². The van der Waals surface area contributed by atoms with Crippen LogP contribution in [0, 0.1) is 6.92 Å². The summed E-state index contributed by atoms with van der Waals surface area (Å²) in [6, 6.07) is 20.3. The molecule has 1 unspecified atom stereocenters. The van der Waals surface area contributed by atoms with Crippen molar-refractivity contribution in [1.29, 1.82) is 0 Å². The van der Waals surface area contributed by atoms with Crippen molar-refractivity contribution in [3.63, 3.8) is 0 Å². The number of likely N-dealkylation sites (tertiary alicyclic amines) is 2. The van der Waals surface area contributed by atoms with Crippen LogP contribution in [0.2, 0.25) is 0 Å². The molecule has 3 heterocycles. The molecular weight excluding hydrogens is 891 g/mol. The molecule has 1 aromatic heterocycles. The number of aromatic nitrogens is 2. The second-order valence-corrected chi connectivity index (χ2v) is 19.9. The maximum Gasteiger partial charge on any atom is 0.409 e. The summed E-state index contributed by atoms with van der Waals surface area (Å²) >= 11 is 0. The zero-order valence-corrected chi connectivity index (χ0v) is 40.7. The summed E-state index contributed by atoms with van der Waals surface area (Å²) in [7, 11) is -0.692. The number of carbonyl (C=O) groups excluding carboxylic acids is 4. The Morgan fingerprint density at radius 2 is 1.60 bits per heavy atom. The minimum Gasteiger partial charge on any atom is -0.492 e. The van der Waals surface area contributed by atoms with E-state index < -0.39 is 27.7 Å². The smallest absolute Gasteiger partial charge is 0.409 e. The first-order valence-electron chi connectivity index (χ1n) is 23.0. The lowest BCUT2D eigenvalue weighted by Gasteiger charge is -2.23. The molecule has 68 heavy (non-hydrogen) atoms. The van der Waals surface area contributed by atoms with Crippen molar-refractivity contribution in [2.45, 2.75) is 76.5 Å². The number of nitrogens with one attached hydrogen (secondary N) is 5. The van der Waals surface area contributed by atoms with E-state index in [1.807, 2.05) is 24.3 Å². The third-order valence-corrected chi connectivity index (χ3v) is 13.2. The number of amides is 4. The van der Waals surface area contributed by atoms with Crippen LogP contribution in [0.3, 0.4) is 0 Å². The first kappa shape index (κ1) is 51.0. The molecule has 4 aromatic rings. The van der Waals surface area contributed by atoms with E-state index >= 15 is 0 Å². The number of aryl methyl sites for hydroxylation is 1. The first-order valence-corrected chi connectivity index (χ1v) is 24.4. The fourth-order valence-corrected chi connectivity index (χ4v) is 9.22. The van der Waals surface area contributed by atoms with Gasteiger partial charge in [0.2, 0.25) is 22.3 Å². The molecule has 0 radical (unpaired) electrons. The molecule has 19 nitrogen and oxygen atoms in total. The van der Waals surface area contributed by atoms with E-state index in [1.165, 1.54) is 39.3 Å². The predicted molar refractivity (Wildman–Crippen MR) is 260 cm³/mol. The van der Waals surface area contributed by atoms with Crippen molar-refractivity contribution < 1.29 is 41.6 Å². The van der Waals surface area contributed by atoms with Gasteiger partial charge in [0.1, 0.15) is 19.0 Å². The van der Waals surface area contributed by atoms with Gasteiger partial charge < -0.3 is 29.9 Å². The highest BCUT2D eigenvalue weighted by Gasteiger charge is 2.29. The number of rotatable bonds is 21. The highest BCUT2D eigenvalue weighted by molar-refractivity contribution is 7.89. The van der Waals surface area contributed by atoms with Crippen LogP contribution in [0.4, 0.5) is 38.4 Å². The number of carbonyl (C=O) groups is 4. The molecule has 2 fully saturated rings. The summed E-state index contributed by atoms with van der Waals surface area (Å²) in [6.07, 6.45) is 6.16. The lowest BCUT2D eigenvalue weighted by atomic mass is 10.1. The highest BCUT2D eigenvalue weighted by Crippen LogP contribution is 2.25. The lowest BCUT2D eigenvalue weighted by Crippen LogP contribution is -2.55. The number of anilines is 5. The van der Waals surface area contributed by atoms with Crippen molar-refractivity contribution in [2.75, 3.05) is 89.0 Å². The normalized spacial score (nSPS) is 15.1. The SMILES string of the molecule is Cc1cnc(Nc2ccc(OCCN3CCCC3)cc2)[n+](C(=O)N(C)CCN(C)C(=O)OCc2ccc(NC(=O)CNCC3CCCN3C=O)cc2)c1Nc1cccc(S(=O)(=O)NC(C)(C)C)c1. The predicted octanol–water partition coefficient (Wildman–Crippen LogP) is 5.03. The average molecular weight is 957 g/mol. The Labute approximate surface area is 399 Å². The Morgan fingerprint density at radius 1 is 0.897 bits per heavy atom. The van der Waals surface area contributed by atoms with Gasteiger partial charge in [-0.3, -0.25) is 30.0 Å². The van der Waals surface area contributed by atoms with Crippen molar-refractivity contribution >= 4 is 63.3 Å². The second-order valence-electron chi connectivity index (χ2n) is 18.2.